The van der Waals surface area contributed by atoms with Gasteiger partial charge >= 0.3 is 5.97 Å². The largest absolute Gasteiger partial charge is 0.468 e. The highest BCUT2D eigenvalue weighted by Crippen LogP contribution is 2.28. The number of aromatic nitrogens is 3. The molecule has 3 aromatic rings. The van der Waals surface area contributed by atoms with Gasteiger partial charge < -0.3 is 4.74 Å². The van der Waals surface area contributed by atoms with Gasteiger partial charge in [-0.1, -0.05) is 60.3 Å². The Kier molecular flexibility index (Phi) is 5.73. The number of rotatable bonds is 6. The second-order valence-corrected chi connectivity index (χ2v) is 7.27. The summed E-state index contributed by atoms with van der Waals surface area (Å²) in [7, 11) is 1.40. The number of aryl methyl sites for hydroxylation is 1. The van der Waals surface area contributed by atoms with Gasteiger partial charge in [-0.15, -0.1) is 10.2 Å². The Labute approximate surface area is 157 Å². The molecule has 5 nitrogen and oxygen atoms in total. The smallest absolute Gasteiger partial charge is 0.318 e. The van der Waals surface area contributed by atoms with Crippen molar-refractivity contribution < 1.29 is 9.53 Å². The van der Waals surface area contributed by atoms with Gasteiger partial charge in [-0.25, -0.2) is 0 Å². The molecule has 1 aromatic heterocycles. The number of esters is 1. The molecule has 1 heterocycles. The van der Waals surface area contributed by atoms with Gasteiger partial charge in [-0.3, -0.25) is 9.36 Å². The number of hydrogen-bond donors (Lipinski definition) is 0. The first-order valence-corrected chi connectivity index (χ1v) is 9.27. The van der Waals surface area contributed by atoms with Gasteiger partial charge in [0.25, 0.3) is 0 Å². The lowest BCUT2D eigenvalue weighted by molar-refractivity contribution is -0.139. The van der Waals surface area contributed by atoms with Gasteiger partial charge in [-0.2, -0.15) is 0 Å². The highest BCUT2D eigenvalue weighted by Gasteiger charge is 2.22. The summed E-state index contributed by atoms with van der Waals surface area (Å²) < 4.78 is 6.87. The average molecular weight is 367 g/mol. The molecule has 3 rings (SSSR count). The van der Waals surface area contributed by atoms with Crippen LogP contribution in [0, 0.1) is 6.92 Å². The summed E-state index contributed by atoms with van der Waals surface area (Å²) in [5.41, 5.74) is 3.30. The summed E-state index contributed by atoms with van der Waals surface area (Å²) >= 11 is 1.35. The van der Waals surface area contributed by atoms with E-state index in [1.807, 2.05) is 47.9 Å². The van der Waals surface area contributed by atoms with Gasteiger partial charge in [0.2, 0.25) is 0 Å². The number of benzene rings is 2. The Morgan fingerprint density at radius 3 is 2.50 bits per heavy atom. The zero-order valence-electron chi connectivity index (χ0n) is 15.0. The van der Waals surface area contributed by atoms with E-state index in [9.17, 15) is 4.79 Å². The number of nitrogens with zero attached hydrogens (tertiary/aromatic N) is 3. The van der Waals surface area contributed by atoms with Crippen LogP contribution in [0.3, 0.4) is 0 Å². The van der Waals surface area contributed by atoms with Crippen molar-refractivity contribution in [1.82, 2.24) is 14.8 Å². The van der Waals surface area contributed by atoms with Crippen LogP contribution in [0.5, 0.6) is 0 Å². The molecule has 0 amide bonds. The predicted octanol–water partition coefficient (Wildman–Crippen LogP) is 3.82. The fraction of sp³-hybridized carbons (Fsp3) is 0.250. The van der Waals surface area contributed by atoms with Crippen LogP contribution >= 0.6 is 11.8 Å². The van der Waals surface area contributed by atoms with E-state index in [1.54, 1.807) is 0 Å². The molecule has 0 spiro atoms. The van der Waals surface area contributed by atoms with E-state index in [0.29, 0.717) is 11.6 Å². The van der Waals surface area contributed by atoms with Crippen molar-refractivity contribution in [3.8, 4) is 5.69 Å². The highest BCUT2D eigenvalue weighted by atomic mass is 32.2. The van der Waals surface area contributed by atoms with Crippen molar-refractivity contribution >= 4 is 17.7 Å². The van der Waals surface area contributed by atoms with Gasteiger partial charge in [0.05, 0.1) is 12.8 Å². The first-order valence-electron chi connectivity index (χ1n) is 8.39. The Bertz CT molecular complexity index is 893. The Morgan fingerprint density at radius 2 is 1.81 bits per heavy atom. The average Bonchev–Trinajstić information content (AvgIpc) is 3.04. The minimum atomic E-state index is -0.364. The summed E-state index contributed by atoms with van der Waals surface area (Å²) in [6.07, 6.45) is 0.662. The third-order valence-corrected chi connectivity index (χ3v) is 5.10. The second-order valence-electron chi connectivity index (χ2n) is 5.97. The van der Waals surface area contributed by atoms with Crippen molar-refractivity contribution in [2.24, 2.45) is 0 Å². The molecule has 0 radical (unpaired) electrons. The fourth-order valence-corrected chi connectivity index (χ4v) is 3.60. The maximum absolute atomic E-state index is 11.8. The monoisotopic (exact) mass is 367 g/mol. The number of ether oxygens (including phenoxy) is 1. The molecule has 1 unspecified atom stereocenters. The zero-order chi connectivity index (χ0) is 18.5. The molecule has 134 valence electrons. The van der Waals surface area contributed by atoms with E-state index >= 15 is 0 Å². The summed E-state index contributed by atoms with van der Waals surface area (Å²) in [6, 6.07) is 18.3. The molecule has 0 aliphatic carbocycles. The van der Waals surface area contributed by atoms with E-state index < -0.39 is 0 Å². The molecule has 0 aliphatic rings. The minimum absolute atomic E-state index is 0.279. The van der Waals surface area contributed by atoms with Gasteiger partial charge in [0, 0.05) is 6.42 Å². The quantitative estimate of drug-likeness (QED) is 0.490. The topological polar surface area (TPSA) is 57.0 Å². The molecule has 0 saturated heterocycles. The molecule has 0 aliphatic heterocycles. The zero-order valence-corrected chi connectivity index (χ0v) is 15.9. The molecule has 6 heteroatoms. The van der Waals surface area contributed by atoms with E-state index in [-0.39, 0.29) is 11.2 Å². The third kappa shape index (κ3) is 3.96. The van der Waals surface area contributed by atoms with E-state index in [2.05, 4.69) is 35.3 Å². The van der Waals surface area contributed by atoms with Crippen LogP contribution in [0.4, 0.5) is 0 Å². The van der Waals surface area contributed by atoms with Crippen molar-refractivity contribution in [2.75, 3.05) is 7.11 Å². The molecular formula is C20H21N3O2S. The van der Waals surface area contributed by atoms with E-state index in [4.69, 9.17) is 4.74 Å². The van der Waals surface area contributed by atoms with Gasteiger partial charge in [0.1, 0.15) is 11.1 Å². The number of carbonyl (C=O) groups is 1. The summed E-state index contributed by atoms with van der Waals surface area (Å²) in [4.78, 5) is 11.8. The Balaban J connectivity index is 2.02. The molecule has 0 fully saturated rings. The molecule has 2 aromatic carbocycles. The summed E-state index contributed by atoms with van der Waals surface area (Å²) in [5, 5.41) is 9.08. The number of para-hydroxylation sites is 1. The highest BCUT2D eigenvalue weighted by molar-refractivity contribution is 8.00. The maximum Gasteiger partial charge on any atom is 0.318 e. The van der Waals surface area contributed by atoms with Crippen LogP contribution in [0.15, 0.2) is 59.8 Å². The van der Waals surface area contributed by atoms with Crippen LogP contribution in [0.25, 0.3) is 5.69 Å². The predicted molar refractivity (Wildman–Crippen MR) is 103 cm³/mol. The normalized spacial score (nSPS) is 12.0. The van der Waals surface area contributed by atoms with Crippen LogP contribution in [0.1, 0.15) is 23.9 Å². The molecule has 0 saturated carbocycles. The van der Waals surface area contributed by atoms with Crippen molar-refractivity contribution in [2.45, 2.75) is 30.7 Å². The first kappa shape index (κ1) is 18.2. The van der Waals surface area contributed by atoms with Crippen molar-refractivity contribution in [3.63, 3.8) is 0 Å². The van der Waals surface area contributed by atoms with Crippen LogP contribution < -0.4 is 0 Å². The SMILES string of the molecule is COC(=O)C(C)Sc1nnc(Cc2ccccc2)n1-c1ccccc1C. The lowest BCUT2D eigenvalue weighted by Crippen LogP contribution is -2.16. The van der Waals surface area contributed by atoms with Crippen LogP contribution in [0.2, 0.25) is 0 Å². The fourth-order valence-electron chi connectivity index (χ4n) is 2.70. The second kappa shape index (κ2) is 8.19. The van der Waals surface area contributed by atoms with Crippen LogP contribution in [-0.4, -0.2) is 33.1 Å². The molecule has 26 heavy (non-hydrogen) atoms. The lowest BCUT2D eigenvalue weighted by atomic mass is 10.1. The molecule has 1 atom stereocenters. The summed E-state index contributed by atoms with van der Waals surface area (Å²) in [6.45, 7) is 3.87. The van der Waals surface area contributed by atoms with Crippen LogP contribution in [-0.2, 0) is 16.0 Å². The summed E-state index contributed by atoms with van der Waals surface area (Å²) in [5.74, 6) is 0.559. The van der Waals surface area contributed by atoms with Gasteiger partial charge in [0.15, 0.2) is 5.16 Å². The third-order valence-electron chi connectivity index (χ3n) is 4.08. The first-order chi connectivity index (χ1) is 12.6. The Hall–Kier alpha value is -2.60. The number of methoxy groups -OCH3 is 1. The van der Waals surface area contributed by atoms with E-state index in [1.165, 1.54) is 18.9 Å². The van der Waals surface area contributed by atoms with Crippen molar-refractivity contribution in [3.05, 3.63) is 71.5 Å². The number of thioether (sulfide) groups is 1. The maximum atomic E-state index is 11.8. The minimum Gasteiger partial charge on any atom is -0.468 e. The van der Waals surface area contributed by atoms with Crippen molar-refractivity contribution in [1.29, 1.82) is 0 Å². The van der Waals surface area contributed by atoms with Gasteiger partial charge in [-0.05, 0) is 31.0 Å². The standard InChI is InChI=1S/C20H21N3O2S/c1-14-9-7-8-12-17(14)23-18(13-16-10-5-4-6-11-16)21-22-20(23)26-15(2)19(24)25-3/h4-12,15H,13H2,1-3H3. The number of hydrogen-bond acceptors (Lipinski definition) is 5. The van der Waals surface area contributed by atoms with E-state index in [0.717, 1.165) is 22.6 Å². The Morgan fingerprint density at radius 1 is 1.12 bits per heavy atom. The molecule has 0 N–H and O–H groups in total. The molecular weight excluding hydrogens is 346 g/mol. The lowest BCUT2D eigenvalue weighted by Gasteiger charge is -2.14. The molecule has 0 bridgehead atoms. The number of carbonyl (C=O) groups excluding carboxylic acids is 1.